The fourth-order valence-corrected chi connectivity index (χ4v) is 7.31. The Balaban J connectivity index is 1.61. The van der Waals surface area contributed by atoms with Gasteiger partial charge in [-0.15, -0.1) is 0 Å². The first-order chi connectivity index (χ1) is 9.50. The molecule has 1 N–H and O–H groups in total. The van der Waals surface area contributed by atoms with Crippen molar-refractivity contribution in [3.63, 3.8) is 0 Å². The van der Waals surface area contributed by atoms with Gasteiger partial charge in [0.1, 0.15) is 0 Å². The Bertz CT molecular complexity index is 417. The third-order valence-electron chi connectivity index (χ3n) is 5.94. The Kier molecular flexibility index (Phi) is 4.15. The molecular formula is C16H28O3S. The van der Waals surface area contributed by atoms with Gasteiger partial charge in [0.15, 0.2) is 9.84 Å². The molecule has 3 fully saturated rings. The van der Waals surface area contributed by atoms with Crippen LogP contribution in [0.3, 0.4) is 0 Å². The fraction of sp³-hybridized carbons (Fsp3) is 1.00. The lowest BCUT2D eigenvalue weighted by molar-refractivity contribution is -0.00486. The number of rotatable bonds is 3. The summed E-state index contributed by atoms with van der Waals surface area (Å²) in [5.41, 5.74) is -0.696. The molecule has 0 aromatic heterocycles. The number of fused-ring (bicyclic) bond motifs is 2. The Morgan fingerprint density at radius 2 is 1.50 bits per heavy atom. The molecule has 2 heterocycles. The summed E-state index contributed by atoms with van der Waals surface area (Å²) in [7, 11) is -2.94. The average molecular weight is 300 g/mol. The monoisotopic (exact) mass is 300 g/mol. The average Bonchev–Trinajstić information content (AvgIpc) is 2.40. The summed E-state index contributed by atoms with van der Waals surface area (Å²) in [5.74, 6) is 0.770. The minimum Gasteiger partial charge on any atom is -0.390 e. The second kappa shape index (κ2) is 5.60. The van der Waals surface area contributed by atoms with Crippen molar-refractivity contribution >= 4 is 9.84 Å². The van der Waals surface area contributed by atoms with E-state index in [0.717, 1.165) is 38.0 Å². The van der Waals surface area contributed by atoms with Crippen LogP contribution in [0.2, 0.25) is 0 Å². The number of aliphatic hydroxyl groups is 1. The summed E-state index contributed by atoms with van der Waals surface area (Å²) < 4.78 is 24.6. The fourth-order valence-electron chi connectivity index (χ4n) is 4.69. The molecule has 2 unspecified atom stereocenters. The van der Waals surface area contributed by atoms with Crippen LogP contribution in [0.15, 0.2) is 0 Å². The molecule has 0 aromatic carbocycles. The smallest absolute Gasteiger partial charge is 0.156 e. The van der Waals surface area contributed by atoms with Crippen molar-refractivity contribution in [2.45, 2.75) is 93.2 Å². The maximum Gasteiger partial charge on any atom is 0.156 e. The third kappa shape index (κ3) is 2.92. The van der Waals surface area contributed by atoms with E-state index in [2.05, 4.69) is 0 Å². The SMILES string of the molecule is O=S1(=O)C2CCCC1CC(O)(CCC1CCCCC1)C2. The van der Waals surface area contributed by atoms with E-state index in [1.807, 2.05) is 0 Å². The van der Waals surface area contributed by atoms with Crippen LogP contribution in [0.4, 0.5) is 0 Å². The molecule has 1 aliphatic carbocycles. The highest BCUT2D eigenvalue weighted by molar-refractivity contribution is 7.92. The molecule has 3 nitrogen and oxygen atoms in total. The van der Waals surface area contributed by atoms with Gasteiger partial charge in [0, 0.05) is 0 Å². The minimum atomic E-state index is -2.94. The molecule has 2 aliphatic heterocycles. The molecule has 4 heteroatoms. The zero-order valence-electron chi connectivity index (χ0n) is 12.4. The lowest BCUT2D eigenvalue weighted by Crippen LogP contribution is -2.51. The van der Waals surface area contributed by atoms with Crippen molar-refractivity contribution < 1.29 is 13.5 Å². The van der Waals surface area contributed by atoms with Crippen LogP contribution < -0.4 is 0 Å². The molecule has 3 aliphatic rings. The Morgan fingerprint density at radius 3 is 2.10 bits per heavy atom. The number of hydrogen-bond donors (Lipinski definition) is 1. The predicted molar refractivity (Wildman–Crippen MR) is 80.3 cm³/mol. The van der Waals surface area contributed by atoms with Crippen molar-refractivity contribution in [2.24, 2.45) is 5.92 Å². The standard InChI is InChI=1S/C16H28O3S/c17-16(10-9-13-5-2-1-3-6-13)11-14-7-4-8-15(12-16)20(14,18)19/h13-15,17H,1-12H2. The maximum absolute atomic E-state index is 12.3. The van der Waals surface area contributed by atoms with E-state index in [1.165, 1.54) is 32.1 Å². The lowest BCUT2D eigenvalue weighted by Gasteiger charge is -2.44. The van der Waals surface area contributed by atoms with Gasteiger partial charge in [-0.05, 0) is 44.4 Å². The Hall–Kier alpha value is -0.0900. The summed E-state index contributed by atoms with van der Waals surface area (Å²) in [6.07, 6.45) is 12.1. The number of sulfone groups is 1. The summed E-state index contributed by atoms with van der Waals surface area (Å²) in [6.45, 7) is 0. The third-order valence-corrected chi connectivity index (χ3v) is 8.60. The predicted octanol–water partition coefficient (Wildman–Crippen LogP) is 3.21. The zero-order chi connectivity index (χ0) is 14.2. The van der Waals surface area contributed by atoms with Gasteiger partial charge in [-0.3, -0.25) is 0 Å². The van der Waals surface area contributed by atoms with Crippen molar-refractivity contribution in [1.82, 2.24) is 0 Å². The molecule has 2 bridgehead atoms. The lowest BCUT2D eigenvalue weighted by atomic mass is 9.78. The van der Waals surface area contributed by atoms with E-state index in [-0.39, 0.29) is 10.5 Å². The van der Waals surface area contributed by atoms with Crippen LogP contribution in [-0.2, 0) is 9.84 Å². The first-order valence-electron chi connectivity index (χ1n) is 8.45. The highest BCUT2D eigenvalue weighted by Crippen LogP contribution is 2.44. The van der Waals surface area contributed by atoms with E-state index >= 15 is 0 Å². The van der Waals surface area contributed by atoms with Gasteiger partial charge in [-0.25, -0.2) is 8.42 Å². The molecule has 1 saturated carbocycles. The summed E-state index contributed by atoms with van der Waals surface area (Å²) >= 11 is 0. The second-order valence-corrected chi connectivity index (χ2v) is 9.95. The van der Waals surface area contributed by atoms with Gasteiger partial charge < -0.3 is 5.11 Å². The van der Waals surface area contributed by atoms with E-state index in [4.69, 9.17) is 0 Å². The van der Waals surface area contributed by atoms with Gasteiger partial charge in [0.05, 0.1) is 16.1 Å². The van der Waals surface area contributed by atoms with Crippen molar-refractivity contribution in [3.05, 3.63) is 0 Å². The molecular weight excluding hydrogens is 272 g/mol. The number of hydrogen-bond acceptors (Lipinski definition) is 3. The Labute approximate surface area is 123 Å². The zero-order valence-corrected chi connectivity index (χ0v) is 13.2. The highest BCUT2D eigenvalue weighted by atomic mass is 32.2. The van der Waals surface area contributed by atoms with Gasteiger partial charge in [0.2, 0.25) is 0 Å². The van der Waals surface area contributed by atoms with E-state index in [0.29, 0.717) is 12.8 Å². The van der Waals surface area contributed by atoms with Crippen LogP contribution in [0.5, 0.6) is 0 Å². The van der Waals surface area contributed by atoms with Gasteiger partial charge in [-0.1, -0.05) is 38.5 Å². The minimum absolute atomic E-state index is 0.258. The van der Waals surface area contributed by atoms with Crippen LogP contribution in [0.1, 0.15) is 77.0 Å². The summed E-state index contributed by atoms with van der Waals surface area (Å²) in [4.78, 5) is 0. The summed E-state index contributed by atoms with van der Waals surface area (Å²) in [5, 5.41) is 10.4. The maximum atomic E-state index is 12.3. The topological polar surface area (TPSA) is 54.4 Å². The van der Waals surface area contributed by atoms with Gasteiger partial charge in [-0.2, -0.15) is 0 Å². The van der Waals surface area contributed by atoms with Crippen LogP contribution in [-0.4, -0.2) is 29.6 Å². The van der Waals surface area contributed by atoms with E-state index in [9.17, 15) is 13.5 Å². The molecule has 0 spiro atoms. The molecule has 0 amide bonds. The molecule has 0 aromatic rings. The molecule has 3 rings (SSSR count). The second-order valence-electron chi connectivity index (χ2n) is 7.44. The summed E-state index contributed by atoms with van der Waals surface area (Å²) in [6, 6.07) is 0. The van der Waals surface area contributed by atoms with Crippen LogP contribution >= 0.6 is 0 Å². The van der Waals surface area contributed by atoms with Gasteiger partial charge >= 0.3 is 0 Å². The van der Waals surface area contributed by atoms with E-state index in [1.54, 1.807) is 0 Å². The van der Waals surface area contributed by atoms with Crippen molar-refractivity contribution in [1.29, 1.82) is 0 Å². The van der Waals surface area contributed by atoms with E-state index < -0.39 is 15.4 Å². The highest BCUT2D eigenvalue weighted by Gasteiger charge is 2.49. The Morgan fingerprint density at radius 1 is 0.900 bits per heavy atom. The van der Waals surface area contributed by atoms with Crippen molar-refractivity contribution in [2.75, 3.05) is 0 Å². The largest absolute Gasteiger partial charge is 0.390 e. The first-order valence-corrected chi connectivity index (χ1v) is 10.1. The molecule has 116 valence electrons. The normalized spacial score (nSPS) is 41.5. The molecule has 0 radical (unpaired) electrons. The van der Waals surface area contributed by atoms with Crippen LogP contribution in [0, 0.1) is 5.92 Å². The first kappa shape index (κ1) is 14.8. The quantitative estimate of drug-likeness (QED) is 0.870. The van der Waals surface area contributed by atoms with Crippen LogP contribution in [0.25, 0.3) is 0 Å². The molecule has 2 saturated heterocycles. The van der Waals surface area contributed by atoms with Crippen molar-refractivity contribution in [3.8, 4) is 0 Å². The van der Waals surface area contributed by atoms with Gasteiger partial charge in [0.25, 0.3) is 0 Å². The molecule has 20 heavy (non-hydrogen) atoms. The molecule has 2 atom stereocenters.